The van der Waals surface area contributed by atoms with Crippen LogP contribution in [0.3, 0.4) is 0 Å². The molecular weight excluding hydrogens is 291 g/mol. The number of hydrogen-bond acceptors (Lipinski definition) is 3. The second-order valence-electron chi connectivity index (χ2n) is 3.94. The molecule has 1 aromatic carbocycles. The van der Waals surface area contributed by atoms with Crippen molar-refractivity contribution >= 4 is 34.8 Å². The summed E-state index contributed by atoms with van der Waals surface area (Å²) in [6.45, 7) is 2.88. The van der Waals surface area contributed by atoms with Crippen molar-refractivity contribution in [2.75, 3.05) is 19.0 Å². The standard InChI is InChI=1S/C12H14Cl2N2O3/c1-2-4-15(5-3-13)12(17)9-6-10(14)8-11(7-9)16(18)19/h6-8H,2-5H2,1H3. The molecule has 104 valence electrons. The summed E-state index contributed by atoms with van der Waals surface area (Å²) in [5.74, 6) is 0.0158. The van der Waals surface area contributed by atoms with Crippen molar-refractivity contribution < 1.29 is 9.72 Å². The van der Waals surface area contributed by atoms with Gasteiger partial charge in [0.25, 0.3) is 11.6 Å². The quantitative estimate of drug-likeness (QED) is 0.460. The van der Waals surface area contributed by atoms with Gasteiger partial charge in [-0.05, 0) is 12.5 Å². The Kier molecular flexibility index (Phi) is 6.05. The molecule has 0 radical (unpaired) electrons. The van der Waals surface area contributed by atoms with Gasteiger partial charge in [-0.3, -0.25) is 14.9 Å². The summed E-state index contributed by atoms with van der Waals surface area (Å²) in [4.78, 5) is 24.0. The van der Waals surface area contributed by atoms with E-state index in [9.17, 15) is 14.9 Å². The highest BCUT2D eigenvalue weighted by atomic mass is 35.5. The van der Waals surface area contributed by atoms with Gasteiger partial charge in [-0.2, -0.15) is 0 Å². The highest BCUT2D eigenvalue weighted by molar-refractivity contribution is 6.31. The summed E-state index contributed by atoms with van der Waals surface area (Å²) in [7, 11) is 0. The zero-order valence-corrected chi connectivity index (χ0v) is 11.9. The minimum absolute atomic E-state index is 0.167. The molecule has 19 heavy (non-hydrogen) atoms. The van der Waals surface area contributed by atoms with Crippen LogP contribution in [0.2, 0.25) is 5.02 Å². The average molecular weight is 305 g/mol. The monoisotopic (exact) mass is 304 g/mol. The number of benzene rings is 1. The Morgan fingerprint density at radius 1 is 1.37 bits per heavy atom. The lowest BCUT2D eigenvalue weighted by Crippen LogP contribution is -2.33. The van der Waals surface area contributed by atoms with Crippen LogP contribution in [-0.4, -0.2) is 34.7 Å². The third kappa shape index (κ3) is 4.36. The molecule has 0 aromatic heterocycles. The molecule has 0 spiro atoms. The number of carbonyl (C=O) groups excluding carboxylic acids is 1. The molecule has 1 aromatic rings. The van der Waals surface area contributed by atoms with Gasteiger partial charge in [0.2, 0.25) is 0 Å². The van der Waals surface area contributed by atoms with E-state index in [1.807, 2.05) is 6.92 Å². The van der Waals surface area contributed by atoms with Gasteiger partial charge in [-0.1, -0.05) is 18.5 Å². The number of carbonyl (C=O) groups is 1. The highest BCUT2D eigenvalue weighted by Gasteiger charge is 2.18. The van der Waals surface area contributed by atoms with Crippen LogP contribution in [0.5, 0.6) is 0 Å². The molecular formula is C12H14Cl2N2O3. The lowest BCUT2D eigenvalue weighted by molar-refractivity contribution is -0.384. The third-order valence-corrected chi connectivity index (χ3v) is 2.86. The van der Waals surface area contributed by atoms with Gasteiger partial charge in [0, 0.05) is 41.7 Å². The molecule has 1 rings (SSSR count). The average Bonchev–Trinajstić information content (AvgIpc) is 2.37. The van der Waals surface area contributed by atoms with Crippen molar-refractivity contribution in [1.82, 2.24) is 4.90 Å². The summed E-state index contributed by atoms with van der Waals surface area (Å²) >= 11 is 11.4. The SMILES string of the molecule is CCCN(CCCl)C(=O)c1cc(Cl)cc([N+](=O)[O-])c1. The van der Waals surface area contributed by atoms with Gasteiger partial charge in [0.1, 0.15) is 0 Å². The lowest BCUT2D eigenvalue weighted by atomic mass is 10.1. The fourth-order valence-corrected chi connectivity index (χ4v) is 2.11. The summed E-state index contributed by atoms with van der Waals surface area (Å²) in [5.41, 5.74) is 0.0101. The molecule has 0 N–H and O–H groups in total. The highest BCUT2D eigenvalue weighted by Crippen LogP contribution is 2.22. The van der Waals surface area contributed by atoms with Crippen LogP contribution in [0.4, 0.5) is 5.69 Å². The first-order chi connectivity index (χ1) is 8.99. The number of nitro benzene ring substituents is 1. The van der Waals surface area contributed by atoms with Crippen molar-refractivity contribution in [2.24, 2.45) is 0 Å². The van der Waals surface area contributed by atoms with E-state index in [-0.39, 0.29) is 22.2 Å². The van der Waals surface area contributed by atoms with E-state index >= 15 is 0 Å². The molecule has 0 aliphatic carbocycles. The Labute approximate surface area is 121 Å². The van der Waals surface area contributed by atoms with E-state index in [4.69, 9.17) is 23.2 Å². The van der Waals surface area contributed by atoms with Crippen LogP contribution in [0.25, 0.3) is 0 Å². The lowest BCUT2D eigenvalue weighted by Gasteiger charge is -2.21. The van der Waals surface area contributed by atoms with E-state index < -0.39 is 4.92 Å². The van der Waals surface area contributed by atoms with Crippen LogP contribution in [0.1, 0.15) is 23.7 Å². The topological polar surface area (TPSA) is 63.5 Å². The Morgan fingerprint density at radius 2 is 2.05 bits per heavy atom. The maximum absolute atomic E-state index is 12.2. The van der Waals surface area contributed by atoms with Crippen molar-refractivity contribution in [3.05, 3.63) is 38.9 Å². The normalized spacial score (nSPS) is 10.3. The summed E-state index contributed by atoms with van der Waals surface area (Å²) in [5, 5.41) is 10.9. The van der Waals surface area contributed by atoms with Crippen LogP contribution in [0.15, 0.2) is 18.2 Å². The number of amides is 1. The number of nitrogens with zero attached hydrogens (tertiary/aromatic N) is 2. The van der Waals surface area contributed by atoms with Gasteiger partial charge >= 0.3 is 0 Å². The first-order valence-electron chi connectivity index (χ1n) is 5.79. The second-order valence-corrected chi connectivity index (χ2v) is 4.75. The first-order valence-corrected chi connectivity index (χ1v) is 6.71. The fourth-order valence-electron chi connectivity index (χ4n) is 1.67. The smallest absolute Gasteiger partial charge is 0.271 e. The molecule has 0 unspecified atom stereocenters. The van der Waals surface area contributed by atoms with Crippen LogP contribution < -0.4 is 0 Å². The zero-order valence-electron chi connectivity index (χ0n) is 10.4. The predicted molar refractivity (Wildman–Crippen MR) is 75.0 cm³/mol. The molecule has 1 amide bonds. The molecule has 0 aliphatic heterocycles. The van der Waals surface area contributed by atoms with Gasteiger partial charge in [-0.15, -0.1) is 11.6 Å². The molecule has 7 heteroatoms. The van der Waals surface area contributed by atoms with Gasteiger partial charge in [0.05, 0.1) is 4.92 Å². The van der Waals surface area contributed by atoms with E-state index in [0.717, 1.165) is 6.42 Å². The van der Waals surface area contributed by atoms with Crippen molar-refractivity contribution in [3.63, 3.8) is 0 Å². The predicted octanol–water partition coefficient (Wildman–Crippen LogP) is 3.34. The zero-order chi connectivity index (χ0) is 14.4. The number of hydrogen-bond donors (Lipinski definition) is 0. The second kappa shape index (κ2) is 7.31. The number of nitro groups is 1. The Hall–Kier alpha value is -1.33. The fraction of sp³-hybridized carbons (Fsp3) is 0.417. The van der Waals surface area contributed by atoms with Gasteiger partial charge in [-0.25, -0.2) is 0 Å². The molecule has 0 atom stereocenters. The number of non-ortho nitro benzene ring substituents is 1. The molecule has 5 nitrogen and oxygen atoms in total. The van der Waals surface area contributed by atoms with Gasteiger partial charge in [0.15, 0.2) is 0 Å². The van der Waals surface area contributed by atoms with Crippen LogP contribution >= 0.6 is 23.2 Å². The number of alkyl halides is 1. The summed E-state index contributed by atoms with van der Waals surface area (Å²) in [6.07, 6.45) is 0.783. The maximum atomic E-state index is 12.2. The van der Waals surface area contributed by atoms with Crippen LogP contribution in [0, 0.1) is 10.1 Å². The number of halogens is 2. The molecule has 0 aliphatic rings. The molecule has 0 saturated heterocycles. The van der Waals surface area contributed by atoms with E-state index in [2.05, 4.69) is 0 Å². The molecule has 0 heterocycles. The maximum Gasteiger partial charge on any atom is 0.271 e. The Bertz CT molecular complexity index is 474. The third-order valence-electron chi connectivity index (χ3n) is 2.48. The van der Waals surface area contributed by atoms with E-state index in [1.165, 1.54) is 18.2 Å². The van der Waals surface area contributed by atoms with Crippen LogP contribution in [-0.2, 0) is 0 Å². The van der Waals surface area contributed by atoms with Crippen molar-refractivity contribution in [2.45, 2.75) is 13.3 Å². The number of rotatable bonds is 6. The molecule has 0 fully saturated rings. The first kappa shape index (κ1) is 15.7. The molecule has 0 bridgehead atoms. The van der Waals surface area contributed by atoms with Crippen molar-refractivity contribution in [3.8, 4) is 0 Å². The minimum atomic E-state index is -0.575. The molecule has 0 saturated carbocycles. The largest absolute Gasteiger partial charge is 0.337 e. The Morgan fingerprint density at radius 3 is 2.58 bits per heavy atom. The van der Waals surface area contributed by atoms with Gasteiger partial charge < -0.3 is 4.90 Å². The van der Waals surface area contributed by atoms with E-state index in [1.54, 1.807) is 4.90 Å². The minimum Gasteiger partial charge on any atom is -0.337 e. The Balaban J connectivity index is 3.06. The van der Waals surface area contributed by atoms with Crippen molar-refractivity contribution in [1.29, 1.82) is 0 Å². The summed E-state index contributed by atoms with van der Waals surface area (Å²) in [6, 6.07) is 3.86. The summed E-state index contributed by atoms with van der Waals surface area (Å²) < 4.78 is 0. The van der Waals surface area contributed by atoms with E-state index in [0.29, 0.717) is 19.0 Å².